The van der Waals surface area contributed by atoms with Crippen LogP contribution in [0.5, 0.6) is 0 Å². The lowest BCUT2D eigenvalue weighted by Gasteiger charge is -2.35. The van der Waals surface area contributed by atoms with Gasteiger partial charge in [0.2, 0.25) is 0 Å². The van der Waals surface area contributed by atoms with Gasteiger partial charge in [-0.15, -0.1) is 10.2 Å². The number of halogens is 4. The summed E-state index contributed by atoms with van der Waals surface area (Å²) in [7, 11) is 0. The molecule has 1 aliphatic heterocycles. The Kier molecular flexibility index (Phi) is 6.09. The van der Waals surface area contributed by atoms with Gasteiger partial charge in [-0.2, -0.15) is 0 Å². The standard InChI is InChI=1S/C21H16Cl3FN4O/c22-13-4-5-14(16(24)12-13)18-6-7-19(27-26-18)28-8-10-29(11-9-28)21(30)20-15(23)2-1-3-17(20)25/h1-7,12H,8-11H2. The van der Waals surface area contributed by atoms with Gasteiger partial charge in [-0.25, -0.2) is 4.39 Å². The summed E-state index contributed by atoms with van der Waals surface area (Å²) >= 11 is 18.2. The van der Waals surface area contributed by atoms with Crippen LogP contribution in [0.2, 0.25) is 15.1 Å². The van der Waals surface area contributed by atoms with Crippen LogP contribution in [0.3, 0.4) is 0 Å². The average molecular weight is 466 g/mol. The van der Waals surface area contributed by atoms with Crippen LogP contribution in [0, 0.1) is 5.82 Å². The average Bonchev–Trinajstić information content (AvgIpc) is 2.74. The molecule has 0 aliphatic carbocycles. The van der Waals surface area contributed by atoms with Gasteiger partial charge in [0.25, 0.3) is 5.91 Å². The van der Waals surface area contributed by atoms with E-state index in [2.05, 4.69) is 10.2 Å². The van der Waals surface area contributed by atoms with Crippen molar-refractivity contribution < 1.29 is 9.18 Å². The van der Waals surface area contributed by atoms with Crippen molar-refractivity contribution in [3.63, 3.8) is 0 Å². The van der Waals surface area contributed by atoms with Crippen molar-refractivity contribution in [3.8, 4) is 11.3 Å². The van der Waals surface area contributed by atoms with Crippen molar-refractivity contribution in [2.75, 3.05) is 31.1 Å². The highest BCUT2D eigenvalue weighted by atomic mass is 35.5. The quantitative estimate of drug-likeness (QED) is 0.533. The lowest BCUT2D eigenvalue weighted by molar-refractivity contribution is 0.0742. The monoisotopic (exact) mass is 464 g/mol. The van der Waals surface area contributed by atoms with Crippen LogP contribution in [0.15, 0.2) is 48.5 Å². The summed E-state index contributed by atoms with van der Waals surface area (Å²) in [6.45, 7) is 1.95. The first-order chi connectivity index (χ1) is 14.4. The van der Waals surface area contributed by atoms with Gasteiger partial charge >= 0.3 is 0 Å². The third-order valence-electron chi connectivity index (χ3n) is 4.93. The molecule has 4 rings (SSSR count). The minimum Gasteiger partial charge on any atom is -0.352 e. The molecule has 1 aromatic heterocycles. The Bertz CT molecular complexity index is 1070. The number of carbonyl (C=O) groups excluding carboxylic acids is 1. The van der Waals surface area contributed by atoms with E-state index in [1.807, 2.05) is 17.0 Å². The summed E-state index contributed by atoms with van der Waals surface area (Å²) in [5, 5.41) is 9.74. The molecule has 9 heteroatoms. The number of benzene rings is 2. The molecule has 3 aromatic rings. The van der Waals surface area contributed by atoms with Gasteiger partial charge in [-0.3, -0.25) is 4.79 Å². The Hall–Kier alpha value is -2.41. The molecule has 1 fully saturated rings. The molecule has 1 aliphatic rings. The molecule has 0 spiro atoms. The molecule has 0 atom stereocenters. The third-order valence-corrected chi connectivity index (χ3v) is 5.79. The van der Waals surface area contributed by atoms with E-state index in [1.54, 1.807) is 23.1 Å². The van der Waals surface area contributed by atoms with Gasteiger partial charge in [0.1, 0.15) is 5.82 Å². The van der Waals surface area contributed by atoms with Gasteiger partial charge in [-0.1, -0.05) is 40.9 Å². The lowest BCUT2D eigenvalue weighted by atomic mass is 10.1. The smallest absolute Gasteiger partial charge is 0.258 e. The molecule has 2 heterocycles. The molecule has 154 valence electrons. The van der Waals surface area contributed by atoms with Crippen LogP contribution >= 0.6 is 34.8 Å². The van der Waals surface area contributed by atoms with E-state index in [-0.39, 0.29) is 10.6 Å². The van der Waals surface area contributed by atoms with E-state index >= 15 is 0 Å². The van der Waals surface area contributed by atoms with E-state index in [0.29, 0.717) is 47.7 Å². The van der Waals surface area contributed by atoms with Crippen molar-refractivity contribution in [2.45, 2.75) is 0 Å². The summed E-state index contributed by atoms with van der Waals surface area (Å²) in [4.78, 5) is 16.3. The summed E-state index contributed by atoms with van der Waals surface area (Å²) in [5.74, 6) is -0.325. The van der Waals surface area contributed by atoms with Gasteiger partial charge < -0.3 is 9.80 Å². The fraction of sp³-hybridized carbons (Fsp3) is 0.190. The second-order valence-electron chi connectivity index (χ2n) is 6.78. The Morgan fingerprint density at radius 2 is 1.67 bits per heavy atom. The van der Waals surface area contributed by atoms with E-state index in [9.17, 15) is 9.18 Å². The molecule has 0 N–H and O–H groups in total. The summed E-state index contributed by atoms with van der Waals surface area (Å²) in [6, 6.07) is 13.1. The van der Waals surface area contributed by atoms with Crippen LogP contribution in [0.25, 0.3) is 11.3 Å². The molecule has 0 saturated carbocycles. The van der Waals surface area contributed by atoms with Crippen molar-refractivity contribution in [1.82, 2.24) is 15.1 Å². The molecule has 1 amide bonds. The van der Waals surface area contributed by atoms with E-state index < -0.39 is 11.7 Å². The number of carbonyl (C=O) groups is 1. The van der Waals surface area contributed by atoms with Gasteiger partial charge in [0, 0.05) is 36.8 Å². The number of anilines is 1. The number of nitrogens with zero attached hydrogens (tertiary/aromatic N) is 4. The normalized spacial score (nSPS) is 14.1. The molecule has 0 unspecified atom stereocenters. The van der Waals surface area contributed by atoms with Crippen LogP contribution in [0.1, 0.15) is 10.4 Å². The van der Waals surface area contributed by atoms with Crippen molar-refractivity contribution in [3.05, 3.63) is 75.0 Å². The number of aromatic nitrogens is 2. The Balaban J connectivity index is 1.43. The SMILES string of the molecule is O=C(c1c(F)cccc1Cl)N1CCN(c2ccc(-c3ccc(Cl)cc3Cl)nn2)CC1. The summed E-state index contributed by atoms with van der Waals surface area (Å²) < 4.78 is 14.0. The Labute approximate surface area is 188 Å². The maximum absolute atomic E-state index is 14.0. The molecule has 0 radical (unpaired) electrons. The maximum atomic E-state index is 14.0. The predicted molar refractivity (Wildman–Crippen MR) is 117 cm³/mol. The topological polar surface area (TPSA) is 49.3 Å². The first-order valence-corrected chi connectivity index (χ1v) is 10.3. The fourth-order valence-electron chi connectivity index (χ4n) is 3.33. The molecular formula is C21H16Cl3FN4O. The third kappa shape index (κ3) is 4.21. The Morgan fingerprint density at radius 1 is 0.900 bits per heavy atom. The van der Waals surface area contributed by atoms with Gasteiger partial charge in [0.15, 0.2) is 5.82 Å². The van der Waals surface area contributed by atoms with E-state index in [1.165, 1.54) is 18.2 Å². The zero-order valence-electron chi connectivity index (χ0n) is 15.7. The number of hydrogen-bond acceptors (Lipinski definition) is 4. The fourth-order valence-corrected chi connectivity index (χ4v) is 4.08. The lowest BCUT2D eigenvalue weighted by Crippen LogP contribution is -2.49. The van der Waals surface area contributed by atoms with Crippen molar-refractivity contribution >= 4 is 46.5 Å². The van der Waals surface area contributed by atoms with Crippen LogP contribution in [-0.2, 0) is 0 Å². The van der Waals surface area contributed by atoms with E-state index in [4.69, 9.17) is 34.8 Å². The minimum absolute atomic E-state index is 0.0865. The first-order valence-electron chi connectivity index (χ1n) is 9.21. The van der Waals surface area contributed by atoms with Crippen molar-refractivity contribution in [1.29, 1.82) is 0 Å². The number of piperazine rings is 1. The van der Waals surface area contributed by atoms with Gasteiger partial charge in [0.05, 0.1) is 21.3 Å². The second kappa shape index (κ2) is 8.76. The van der Waals surface area contributed by atoms with Crippen LogP contribution in [-0.4, -0.2) is 47.2 Å². The number of amides is 1. The zero-order chi connectivity index (χ0) is 21.3. The highest BCUT2D eigenvalue weighted by molar-refractivity contribution is 6.36. The molecule has 30 heavy (non-hydrogen) atoms. The Morgan fingerprint density at radius 3 is 2.30 bits per heavy atom. The van der Waals surface area contributed by atoms with Crippen LogP contribution in [0.4, 0.5) is 10.2 Å². The predicted octanol–water partition coefficient (Wildman–Crippen LogP) is 5.21. The zero-order valence-corrected chi connectivity index (χ0v) is 17.9. The second-order valence-corrected chi connectivity index (χ2v) is 8.03. The summed E-state index contributed by atoms with van der Waals surface area (Å²) in [6.07, 6.45) is 0. The molecule has 2 aromatic carbocycles. The maximum Gasteiger partial charge on any atom is 0.258 e. The molecule has 0 bridgehead atoms. The number of hydrogen-bond donors (Lipinski definition) is 0. The number of rotatable bonds is 3. The van der Waals surface area contributed by atoms with Crippen LogP contribution < -0.4 is 4.90 Å². The van der Waals surface area contributed by atoms with Crippen molar-refractivity contribution in [2.24, 2.45) is 0 Å². The molecule has 1 saturated heterocycles. The molecular weight excluding hydrogens is 450 g/mol. The highest BCUT2D eigenvalue weighted by Crippen LogP contribution is 2.29. The molecule has 5 nitrogen and oxygen atoms in total. The largest absolute Gasteiger partial charge is 0.352 e. The minimum atomic E-state index is -0.614. The summed E-state index contributed by atoms with van der Waals surface area (Å²) in [5.41, 5.74) is 1.30. The van der Waals surface area contributed by atoms with Gasteiger partial charge in [-0.05, 0) is 42.5 Å². The van der Waals surface area contributed by atoms with E-state index in [0.717, 1.165) is 5.56 Å². The first kappa shape index (κ1) is 20.8. The highest BCUT2D eigenvalue weighted by Gasteiger charge is 2.26.